The predicted molar refractivity (Wildman–Crippen MR) is 307 cm³/mol. The Morgan fingerprint density at radius 2 is 0.557 bits per heavy atom. The number of allylic oxidation sites excluding steroid dienone is 4. The molecular weight excluding hydrogens is 861 g/mol. The molecule has 0 saturated heterocycles. The van der Waals surface area contributed by atoms with Gasteiger partial charge < -0.3 is 14.2 Å². The van der Waals surface area contributed by atoms with Crippen LogP contribution in [-0.2, 0) is 23.8 Å². The van der Waals surface area contributed by atoms with E-state index < -0.39 is 6.10 Å². The third kappa shape index (κ3) is 58.9. The molecule has 414 valence electrons. The zero-order chi connectivity index (χ0) is 50.6. The Hall–Kier alpha value is -1.62. The Bertz CT molecular complexity index is 1070. The lowest BCUT2D eigenvalue weighted by atomic mass is 10.0. The normalized spacial score (nSPS) is 12.2. The van der Waals surface area contributed by atoms with Crippen molar-refractivity contribution in [2.24, 2.45) is 0 Å². The van der Waals surface area contributed by atoms with Gasteiger partial charge in [-0.25, -0.2) is 0 Å². The molecular formula is C65H124O5. The number of carbonyl (C=O) groups excluding carboxylic acids is 2. The lowest BCUT2D eigenvalue weighted by Crippen LogP contribution is -2.30. The van der Waals surface area contributed by atoms with Crippen LogP contribution in [0.2, 0.25) is 0 Å². The maximum atomic E-state index is 12.9. The Morgan fingerprint density at radius 1 is 0.300 bits per heavy atom. The zero-order valence-electron chi connectivity index (χ0n) is 47.8. The van der Waals surface area contributed by atoms with E-state index in [0.717, 1.165) is 44.9 Å². The van der Waals surface area contributed by atoms with Gasteiger partial charge in [-0.05, 0) is 70.6 Å². The van der Waals surface area contributed by atoms with Crippen molar-refractivity contribution in [3.05, 3.63) is 24.3 Å². The lowest BCUT2D eigenvalue weighted by molar-refractivity contribution is -0.163. The average Bonchev–Trinajstić information content (AvgIpc) is 3.36. The fourth-order valence-corrected chi connectivity index (χ4v) is 9.68. The van der Waals surface area contributed by atoms with Crippen LogP contribution in [0.4, 0.5) is 0 Å². The van der Waals surface area contributed by atoms with E-state index in [4.69, 9.17) is 14.2 Å². The van der Waals surface area contributed by atoms with E-state index in [1.54, 1.807) is 0 Å². The number of hydrogen-bond acceptors (Lipinski definition) is 5. The van der Waals surface area contributed by atoms with E-state index in [2.05, 4.69) is 45.1 Å². The molecule has 0 bridgehead atoms. The van der Waals surface area contributed by atoms with Crippen LogP contribution in [0.1, 0.15) is 355 Å². The number of rotatable bonds is 60. The van der Waals surface area contributed by atoms with Crippen LogP contribution in [0.25, 0.3) is 0 Å². The Labute approximate surface area is 438 Å². The van der Waals surface area contributed by atoms with Gasteiger partial charge in [0, 0.05) is 19.4 Å². The molecule has 0 aliphatic rings. The van der Waals surface area contributed by atoms with Gasteiger partial charge in [0.2, 0.25) is 0 Å². The maximum Gasteiger partial charge on any atom is 0.306 e. The predicted octanol–water partition coefficient (Wildman–Crippen LogP) is 21.9. The molecule has 1 unspecified atom stereocenters. The summed E-state index contributed by atoms with van der Waals surface area (Å²) in [5.41, 5.74) is 0. The molecule has 0 radical (unpaired) electrons. The quantitative estimate of drug-likeness (QED) is 0.0345. The highest BCUT2D eigenvalue weighted by Crippen LogP contribution is 2.17. The largest absolute Gasteiger partial charge is 0.462 e. The Morgan fingerprint density at radius 3 is 0.871 bits per heavy atom. The molecule has 0 N–H and O–H groups in total. The van der Waals surface area contributed by atoms with Gasteiger partial charge in [0.15, 0.2) is 6.10 Å². The van der Waals surface area contributed by atoms with Crippen molar-refractivity contribution in [1.82, 2.24) is 0 Å². The lowest BCUT2D eigenvalue weighted by Gasteiger charge is -2.18. The molecule has 70 heavy (non-hydrogen) atoms. The van der Waals surface area contributed by atoms with Crippen molar-refractivity contribution in [3.8, 4) is 0 Å². The maximum absolute atomic E-state index is 12.9. The number of carbonyl (C=O) groups is 2. The smallest absolute Gasteiger partial charge is 0.306 e. The molecule has 0 heterocycles. The highest BCUT2D eigenvalue weighted by Gasteiger charge is 2.18. The van der Waals surface area contributed by atoms with Crippen molar-refractivity contribution in [3.63, 3.8) is 0 Å². The molecule has 5 heteroatoms. The highest BCUT2D eigenvalue weighted by molar-refractivity contribution is 5.70. The third-order valence-electron chi connectivity index (χ3n) is 14.5. The van der Waals surface area contributed by atoms with Crippen LogP contribution in [0.3, 0.4) is 0 Å². The molecule has 0 rings (SSSR count). The van der Waals surface area contributed by atoms with Crippen LogP contribution >= 0.6 is 0 Å². The molecule has 0 fully saturated rings. The third-order valence-corrected chi connectivity index (χ3v) is 14.5. The topological polar surface area (TPSA) is 61.8 Å². The molecule has 0 amide bonds. The van der Waals surface area contributed by atoms with Crippen LogP contribution < -0.4 is 0 Å². The Balaban J connectivity index is 4.20. The summed E-state index contributed by atoms with van der Waals surface area (Å²) in [4.78, 5) is 25.6. The number of hydrogen-bond donors (Lipinski definition) is 0. The second-order valence-electron chi connectivity index (χ2n) is 21.7. The van der Waals surface area contributed by atoms with Gasteiger partial charge in [0.05, 0.1) is 6.61 Å². The summed E-state index contributed by atoms with van der Waals surface area (Å²) < 4.78 is 17.5. The van der Waals surface area contributed by atoms with Crippen LogP contribution in [0.5, 0.6) is 0 Å². The van der Waals surface area contributed by atoms with Crippen molar-refractivity contribution >= 4 is 11.9 Å². The van der Waals surface area contributed by atoms with E-state index >= 15 is 0 Å². The molecule has 5 nitrogen and oxygen atoms in total. The minimum absolute atomic E-state index is 0.0884. The zero-order valence-corrected chi connectivity index (χ0v) is 47.8. The van der Waals surface area contributed by atoms with Gasteiger partial charge in [-0.15, -0.1) is 0 Å². The van der Waals surface area contributed by atoms with Gasteiger partial charge in [-0.2, -0.15) is 0 Å². The van der Waals surface area contributed by atoms with E-state index in [1.165, 1.54) is 276 Å². The summed E-state index contributed by atoms with van der Waals surface area (Å²) in [6.07, 6.45) is 75.0. The highest BCUT2D eigenvalue weighted by atomic mass is 16.6. The summed E-state index contributed by atoms with van der Waals surface area (Å²) in [6.45, 7) is 7.89. The Kier molecular flexibility index (Phi) is 60.3. The summed E-state index contributed by atoms with van der Waals surface area (Å²) in [5, 5.41) is 0. The number of esters is 2. The summed E-state index contributed by atoms with van der Waals surface area (Å²) in [5.74, 6) is -0.384. The fourth-order valence-electron chi connectivity index (χ4n) is 9.68. The SMILES string of the molecule is CCCCCCCC/C=C\CCCCCCCCCCCC(=O)OCC(COCCCCCCCCCCCCCCCCCCCCCC)OC(=O)CCCCCCC/C=C\CCCCCCCC. The van der Waals surface area contributed by atoms with Crippen LogP contribution in [-0.4, -0.2) is 37.9 Å². The molecule has 0 aromatic carbocycles. The van der Waals surface area contributed by atoms with Gasteiger partial charge in [0.1, 0.15) is 6.61 Å². The van der Waals surface area contributed by atoms with Gasteiger partial charge in [-0.3, -0.25) is 9.59 Å². The van der Waals surface area contributed by atoms with Crippen LogP contribution in [0.15, 0.2) is 24.3 Å². The van der Waals surface area contributed by atoms with Crippen molar-refractivity contribution < 1.29 is 23.8 Å². The summed E-state index contributed by atoms with van der Waals surface area (Å²) >= 11 is 0. The van der Waals surface area contributed by atoms with Crippen molar-refractivity contribution in [2.45, 2.75) is 361 Å². The standard InChI is InChI=1S/C65H124O5/c1-4-7-10-13-16-19-22-25-28-30-32-34-36-39-42-45-48-51-54-57-60-68-61-63(70-65(67)59-56-53-50-47-44-41-37-27-24-21-18-15-12-9-6-3)62-69-64(66)58-55-52-49-46-43-40-38-35-33-31-29-26-23-20-17-14-11-8-5-2/h26-27,29,37,63H,4-25,28,30-36,38-62H2,1-3H3/b29-26-,37-27-. The average molecular weight is 986 g/mol. The minimum atomic E-state index is -0.536. The molecule has 0 aliphatic carbocycles. The molecule has 0 aliphatic heterocycles. The van der Waals surface area contributed by atoms with E-state index in [-0.39, 0.29) is 18.5 Å². The summed E-state index contributed by atoms with van der Waals surface area (Å²) in [6, 6.07) is 0. The second kappa shape index (κ2) is 61.7. The molecule has 0 saturated carbocycles. The second-order valence-corrected chi connectivity index (χ2v) is 21.7. The number of unbranched alkanes of at least 4 members (excludes halogenated alkanes) is 45. The first kappa shape index (κ1) is 68.4. The van der Waals surface area contributed by atoms with E-state index in [1.807, 2.05) is 0 Å². The van der Waals surface area contributed by atoms with E-state index in [9.17, 15) is 9.59 Å². The first-order chi connectivity index (χ1) is 34.6. The number of ether oxygens (including phenoxy) is 3. The van der Waals surface area contributed by atoms with E-state index in [0.29, 0.717) is 26.1 Å². The first-order valence-electron chi connectivity index (χ1n) is 31.9. The fraction of sp³-hybridized carbons (Fsp3) is 0.908. The monoisotopic (exact) mass is 985 g/mol. The van der Waals surface area contributed by atoms with Crippen LogP contribution in [0, 0.1) is 0 Å². The molecule has 0 spiro atoms. The molecule has 0 aromatic rings. The summed E-state index contributed by atoms with van der Waals surface area (Å²) in [7, 11) is 0. The molecule has 1 atom stereocenters. The van der Waals surface area contributed by atoms with Crippen molar-refractivity contribution in [2.75, 3.05) is 19.8 Å². The minimum Gasteiger partial charge on any atom is -0.462 e. The van der Waals surface area contributed by atoms with Crippen molar-refractivity contribution in [1.29, 1.82) is 0 Å². The molecule has 0 aromatic heterocycles. The van der Waals surface area contributed by atoms with Gasteiger partial charge in [-0.1, -0.05) is 295 Å². The van der Waals surface area contributed by atoms with Gasteiger partial charge in [0.25, 0.3) is 0 Å². The first-order valence-corrected chi connectivity index (χ1v) is 31.9. The van der Waals surface area contributed by atoms with Gasteiger partial charge >= 0.3 is 11.9 Å².